The third-order valence-electron chi connectivity index (χ3n) is 3.62. The third kappa shape index (κ3) is 2.31. The molecule has 1 N–H and O–H groups in total. The van der Waals surface area contributed by atoms with Crippen molar-refractivity contribution in [2.75, 3.05) is 20.0 Å². The normalized spacial score (nSPS) is 26.3. The van der Waals surface area contributed by atoms with Gasteiger partial charge in [0.25, 0.3) is 0 Å². The first-order chi connectivity index (χ1) is 8.77. The molecule has 2 heterocycles. The summed E-state index contributed by atoms with van der Waals surface area (Å²) in [7, 11) is 0. The van der Waals surface area contributed by atoms with E-state index in [1.165, 1.54) is 0 Å². The Labute approximate surface area is 107 Å². The van der Waals surface area contributed by atoms with Gasteiger partial charge in [-0.05, 0) is 25.8 Å². The maximum atomic E-state index is 5.55. The van der Waals surface area contributed by atoms with Gasteiger partial charge in [0.2, 0.25) is 6.79 Å². The Kier molecular flexibility index (Phi) is 3.14. The number of ether oxygens (including phenoxy) is 3. The first kappa shape index (κ1) is 11.8. The molecule has 0 radical (unpaired) electrons. The molecular weight excluding hydrogens is 230 g/mol. The fourth-order valence-electron chi connectivity index (χ4n) is 2.51. The van der Waals surface area contributed by atoms with Gasteiger partial charge < -0.3 is 19.5 Å². The van der Waals surface area contributed by atoms with Gasteiger partial charge >= 0.3 is 0 Å². The van der Waals surface area contributed by atoms with Gasteiger partial charge in [-0.2, -0.15) is 0 Å². The minimum atomic E-state index is 0.0699. The molecule has 0 saturated carbocycles. The van der Waals surface area contributed by atoms with E-state index in [0.717, 1.165) is 49.7 Å². The molecule has 1 aromatic rings. The second-order valence-corrected chi connectivity index (χ2v) is 5.22. The van der Waals surface area contributed by atoms with E-state index in [1.807, 2.05) is 12.1 Å². The minimum Gasteiger partial charge on any atom is -0.454 e. The SMILES string of the molecule is CC1(NCc2cccc3c2OCO3)CCCOC1. The fraction of sp³-hybridized carbons (Fsp3) is 0.571. The van der Waals surface area contributed by atoms with Crippen molar-refractivity contribution in [3.05, 3.63) is 23.8 Å². The van der Waals surface area contributed by atoms with Gasteiger partial charge in [-0.25, -0.2) is 0 Å². The average molecular weight is 249 g/mol. The summed E-state index contributed by atoms with van der Waals surface area (Å²) in [6, 6.07) is 6.02. The van der Waals surface area contributed by atoms with Crippen LogP contribution < -0.4 is 14.8 Å². The zero-order valence-electron chi connectivity index (χ0n) is 10.7. The molecule has 3 rings (SSSR count). The van der Waals surface area contributed by atoms with Gasteiger partial charge in [0.05, 0.1) is 6.61 Å². The third-order valence-corrected chi connectivity index (χ3v) is 3.62. The summed E-state index contributed by atoms with van der Waals surface area (Å²) in [5.41, 5.74) is 1.22. The summed E-state index contributed by atoms with van der Waals surface area (Å²) in [4.78, 5) is 0. The minimum absolute atomic E-state index is 0.0699. The predicted molar refractivity (Wildman–Crippen MR) is 67.9 cm³/mol. The van der Waals surface area contributed by atoms with Gasteiger partial charge in [-0.1, -0.05) is 12.1 Å². The van der Waals surface area contributed by atoms with Crippen LogP contribution in [-0.4, -0.2) is 25.5 Å². The Morgan fingerprint density at radius 3 is 3.11 bits per heavy atom. The van der Waals surface area contributed by atoms with Crippen LogP contribution in [0.1, 0.15) is 25.3 Å². The molecule has 1 atom stereocenters. The van der Waals surface area contributed by atoms with Crippen LogP contribution in [0.5, 0.6) is 11.5 Å². The van der Waals surface area contributed by atoms with E-state index in [4.69, 9.17) is 14.2 Å². The zero-order chi connectivity index (χ0) is 12.4. The Balaban J connectivity index is 1.68. The lowest BCUT2D eigenvalue weighted by Gasteiger charge is -2.34. The number of benzene rings is 1. The van der Waals surface area contributed by atoms with Crippen molar-refractivity contribution in [2.24, 2.45) is 0 Å². The second-order valence-electron chi connectivity index (χ2n) is 5.22. The van der Waals surface area contributed by atoms with Crippen molar-refractivity contribution in [1.29, 1.82) is 0 Å². The Morgan fingerprint density at radius 1 is 1.33 bits per heavy atom. The Hall–Kier alpha value is -1.26. The van der Waals surface area contributed by atoms with Crippen LogP contribution in [0.3, 0.4) is 0 Å². The summed E-state index contributed by atoms with van der Waals surface area (Å²) >= 11 is 0. The molecule has 0 aliphatic carbocycles. The lowest BCUT2D eigenvalue weighted by Crippen LogP contribution is -2.48. The summed E-state index contributed by atoms with van der Waals surface area (Å²) in [5.74, 6) is 1.73. The smallest absolute Gasteiger partial charge is 0.231 e. The van der Waals surface area contributed by atoms with Crippen LogP contribution in [0.15, 0.2) is 18.2 Å². The monoisotopic (exact) mass is 249 g/mol. The van der Waals surface area contributed by atoms with Crippen LogP contribution in [0.4, 0.5) is 0 Å². The second kappa shape index (κ2) is 4.78. The van der Waals surface area contributed by atoms with E-state index in [-0.39, 0.29) is 5.54 Å². The van der Waals surface area contributed by atoms with Crippen LogP contribution in [-0.2, 0) is 11.3 Å². The van der Waals surface area contributed by atoms with Crippen molar-refractivity contribution < 1.29 is 14.2 Å². The highest BCUT2D eigenvalue weighted by Crippen LogP contribution is 2.35. The first-order valence-electron chi connectivity index (χ1n) is 6.47. The lowest BCUT2D eigenvalue weighted by molar-refractivity contribution is 0.0277. The topological polar surface area (TPSA) is 39.7 Å². The van der Waals surface area contributed by atoms with Gasteiger partial charge in [0.15, 0.2) is 11.5 Å². The quantitative estimate of drug-likeness (QED) is 0.890. The van der Waals surface area contributed by atoms with Gasteiger partial charge in [-0.3, -0.25) is 0 Å². The van der Waals surface area contributed by atoms with Crippen molar-refractivity contribution in [1.82, 2.24) is 5.32 Å². The van der Waals surface area contributed by atoms with E-state index in [2.05, 4.69) is 18.3 Å². The molecule has 1 saturated heterocycles. The van der Waals surface area contributed by atoms with Crippen LogP contribution in [0, 0.1) is 0 Å². The molecule has 4 heteroatoms. The number of fused-ring (bicyclic) bond motifs is 1. The van der Waals surface area contributed by atoms with Crippen LogP contribution in [0.25, 0.3) is 0 Å². The molecule has 18 heavy (non-hydrogen) atoms. The maximum Gasteiger partial charge on any atom is 0.231 e. The highest BCUT2D eigenvalue weighted by Gasteiger charge is 2.27. The zero-order valence-corrected chi connectivity index (χ0v) is 10.7. The average Bonchev–Trinajstić information content (AvgIpc) is 2.86. The molecule has 1 fully saturated rings. The molecule has 0 aromatic heterocycles. The summed E-state index contributed by atoms with van der Waals surface area (Å²) < 4.78 is 16.4. The Bertz CT molecular complexity index is 427. The van der Waals surface area contributed by atoms with Crippen LogP contribution in [0.2, 0.25) is 0 Å². The summed E-state index contributed by atoms with van der Waals surface area (Å²) in [5, 5.41) is 3.58. The lowest BCUT2D eigenvalue weighted by atomic mass is 9.94. The molecule has 0 spiro atoms. The molecule has 0 bridgehead atoms. The van der Waals surface area contributed by atoms with E-state index < -0.39 is 0 Å². The molecule has 98 valence electrons. The van der Waals surface area contributed by atoms with Crippen LogP contribution >= 0.6 is 0 Å². The summed E-state index contributed by atoms with van der Waals surface area (Å²) in [6.07, 6.45) is 2.27. The number of rotatable bonds is 3. The highest BCUT2D eigenvalue weighted by molar-refractivity contribution is 5.48. The van der Waals surface area contributed by atoms with Crippen molar-refractivity contribution in [3.8, 4) is 11.5 Å². The molecule has 1 unspecified atom stereocenters. The highest BCUT2D eigenvalue weighted by atomic mass is 16.7. The fourth-order valence-corrected chi connectivity index (χ4v) is 2.51. The van der Waals surface area contributed by atoms with Crippen molar-refractivity contribution in [3.63, 3.8) is 0 Å². The van der Waals surface area contributed by atoms with Gasteiger partial charge in [0.1, 0.15) is 0 Å². The van der Waals surface area contributed by atoms with Crippen molar-refractivity contribution in [2.45, 2.75) is 31.8 Å². The maximum absolute atomic E-state index is 5.55. The number of hydrogen-bond donors (Lipinski definition) is 1. The van der Waals surface area contributed by atoms with E-state index in [9.17, 15) is 0 Å². The number of nitrogens with one attached hydrogen (secondary N) is 1. The largest absolute Gasteiger partial charge is 0.454 e. The van der Waals surface area contributed by atoms with Gasteiger partial charge in [0, 0.05) is 24.3 Å². The Morgan fingerprint density at radius 2 is 2.28 bits per heavy atom. The molecule has 1 aromatic carbocycles. The molecule has 4 nitrogen and oxygen atoms in total. The predicted octanol–water partition coefficient (Wildman–Crippen LogP) is 2.07. The van der Waals surface area contributed by atoms with E-state index >= 15 is 0 Å². The van der Waals surface area contributed by atoms with Crippen molar-refractivity contribution >= 4 is 0 Å². The molecular formula is C14H19NO3. The standard InChI is InChI=1S/C14H19NO3/c1-14(6-3-7-16-9-14)15-8-11-4-2-5-12-13(11)18-10-17-12/h2,4-5,15H,3,6-10H2,1H3. The van der Waals surface area contributed by atoms with E-state index in [1.54, 1.807) is 0 Å². The summed E-state index contributed by atoms with van der Waals surface area (Å²) in [6.45, 7) is 4.99. The molecule has 0 amide bonds. The number of hydrogen-bond acceptors (Lipinski definition) is 4. The van der Waals surface area contributed by atoms with Gasteiger partial charge in [-0.15, -0.1) is 0 Å². The first-order valence-corrected chi connectivity index (χ1v) is 6.47. The number of para-hydroxylation sites is 1. The molecule has 2 aliphatic rings. The van der Waals surface area contributed by atoms with E-state index in [0.29, 0.717) is 6.79 Å². The molecule has 2 aliphatic heterocycles.